The monoisotopic (exact) mass is 398 g/mol. The maximum absolute atomic E-state index is 12.9. The van der Waals surface area contributed by atoms with Crippen LogP contribution >= 0.6 is 0 Å². The zero-order valence-corrected chi connectivity index (χ0v) is 16.4. The van der Waals surface area contributed by atoms with Crippen LogP contribution in [0.2, 0.25) is 0 Å². The number of amides is 1. The quantitative estimate of drug-likeness (QED) is 0.461. The Labute approximate surface area is 173 Å². The molecule has 0 fully saturated rings. The normalized spacial score (nSPS) is 16.1. The number of aromatic nitrogens is 3. The number of rotatable bonds is 3. The first-order valence-electron chi connectivity index (χ1n) is 10.2. The summed E-state index contributed by atoms with van der Waals surface area (Å²) in [6.07, 6.45) is 5.56. The fraction of sp³-hybridized carbons (Fsp3) is 0.208. The summed E-state index contributed by atoms with van der Waals surface area (Å²) >= 11 is 0. The zero-order chi connectivity index (χ0) is 20.5. The van der Waals surface area contributed by atoms with E-state index in [1.807, 2.05) is 12.1 Å². The molecule has 0 bridgehead atoms. The molecular formula is C24H22N4O2. The number of aromatic amines is 2. The van der Waals surface area contributed by atoms with Gasteiger partial charge in [0.05, 0.1) is 11.0 Å². The molecule has 6 heteroatoms. The third-order valence-corrected chi connectivity index (χ3v) is 5.71. The smallest absolute Gasteiger partial charge is 0.251 e. The van der Waals surface area contributed by atoms with Crippen molar-refractivity contribution in [3.63, 3.8) is 0 Å². The van der Waals surface area contributed by atoms with Crippen molar-refractivity contribution in [2.45, 2.75) is 31.7 Å². The molecule has 0 saturated heterocycles. The third kappa shape index (κ3) is 3.64. The molecule has 0 saturated carbocycles. The predicted molar refractivity (Wildman–Crippen MR) is 116 cm³/mol. The van der Waals surface area contributed by atoms with Crippen molar-refractivity contribution >= 4 is 16.9 Å². The van der Waals surface area contributed by atoms with Crippen molar-refractivity contribution < 1.29 is 4.79 Å². The van der Waals surface area contributed by atoms with Crippen LogP contribution in [-0.4, -0.2) is 26.9 Å². The predicted octanol–water partition coefficient (Wildman–Crippen LogP) is 3.60. The van der Waals surface area contributed by atoms with E-state index in [0.717, 1.165) is 36.7 Å². The Kier molecular flexibility index (Phi) is 4.67. The maximum Gasteiger partial charge on any atom is 0.251 e. The number of fused-ring (bicyclic) bond motifs is 2. The lowest BCUT2D eigenvalue weighted by atomic mass is 10.0. The number of hydrogen-bond acceptors (Lipinski definition) is 3. The number of hydrogen-bond donors (Lipinski definition) is 3. The molecule has 30 heavy (non-hydrogen) atoms. The summed E-state index contributed by atoms with van der Waals surface area (Å²) in [7, 11) is 0. The highest BCUT2D eigenvalue weighted by molar-refractivity contribution is 5.97. The van der Waals surface area contributed by atoms with Gasteiger partial charge in [-0.15, -0.1) is 0 Å². The summed E-state index contributed by atoms with van der Waals surface area (Å²) < 4.78 is 0. The topological polar surface area (TPSA) is 90.6 Å². The highest BCUT2D eigenvalue weighted by Crippen LogP contribution is 2.22. The van der Waals surface area contributed by atoms with Crippen LogP contribution in [0.1, 0.15) is 34.3 Å². The number of carbonyl (C=O) groups is 1. The summed E-state index contributed by atoms with van der Waals surface area (Å²) in [6, 6.07) is 17.3. The first-order chi connectivity index (χ1) is 14.7. The second-order valence-electron chi connectivity index (χ2n) is 7.79. The Morgan fingerprint density at radius 1 is 1.07 bits per heavy atom. The molecule has 1 aliphatic carbocycles. The Bertz CT molecular complexity index is 1290. The minimum absolute atomic E-state index is 0.0754. The Morgan fingerprint density at radius 3 is 2.80 bits per heavy atom. The second kappa shape index (κ2) is 7.63. The minimum Gasteiger partial charge on any atom is -0.349 e. The number of H-pyrrole nitrogens is 2. The van der Waals surface area contributed by atoms with E-state index in [1.54, 1.807) is 18.3 Å². The molecule has 0 spiro atoms. The molecule has 150 valence electrons. The number of nitrogens with zero attached hydrogens (tertiary/aromatic N) is 1. The van der Waals surface area contributed by atoms with Crippen LogP contribution in [0.5, 0.6) is 0 Å². The summed E-state index contributed by atoms with van der Waals surface area (Å²) in [4.78, 5) is 34.8. The van der Waals surface area contributed by atoms with E-state index in [4.69, 9.17) is 0 Å². The number of imidazole rings is 1. The Balaban J connectivity index is 1.37. The average Bonchev–Trinajstić information content (AvgIpc) is 3.07. The van der Waals surface area contributed by atoms with Crippen molar-refractivity contribution in [1.29, 1.82) is 0 Å². The number of benzene rings is 2. The van der Waals surface area contributed by atoms with E-state index in [-0.39, 0.29) is 17.5 Å². The molecule has 0 radical (unpaired) electrons. The number of aryl methyl sites for hydroxylation is 1. The van der Waals surface area contributed by atoms with Gasteiger partial charge in [0.15, 0.2) is 0 Å². The van der Waals surface area contributed by atoms with E-state index >= 15 is 0 Å². The van der Waals surface area contributed by atoms with Crippen LogP contribution in [-0.2, 0) is 12.8 Å². The SMILES string of the molecule is O=C(NC1CCCc2ccccc2C1)c1ccc2nc(-c3cc[nH]c(=O)c3)[nH]c2c1. The van der Waals surface area contributed by atoms with Crippen LogP contribution in [0.25, 0.3) is 22.4 Å². The van der Waals surface area contributed by atoms with Crippen molar-refractivity contribution in [3.05, 3.63) is 87.8 Å². The van der Waals surface area contributed by atoms with E-state index in [2.05, 4.69) is 44.5 Å². The van der Waals surface area contributed by atoms with Gasteiger partial charge in [0, 0.05) is 29.4 Å². The second-order valence-corrected chi connectivity index (χ2v) is 7.79. The summed E-state index contributed by atoms with van der Waals surface area (Å²) in [6.45, 7) is 0. The number of carbonyl (C=O) groups excluding carboxylic acids is 1. The van der Waals surface area contributed by atoms with Gasteiger partial charge in [-0.2, -0.15) is 0 Å². The van der Waals surface area contributed by atoms with E-state index in [1.165, 1.54) is 17.2 Å². The fourth-order valence-electron chi connectivity index (χ4n) is 4.18. The third-order valence-electron chi connectivity index (χ3n) is 5.71. The molecule has 1 unspecified atom stereocenters. The van der Waals surface area contributed by atoms with Gasteiger partial charge < -0.3 is 15.3 Å². The van der Waals surface area contributed by atoms with Gasteiger partial charge in [-0.3, -0.25) is 9.59 Å². The lowest BCUT2D eigenvalue weighted by Crippen LogP contribution is -2.36. The van der Waals surface area contributed by atoms with Crippen molar-refractivity contribution in [1.82, 2.24) is 20.3 Å². The van der Waals surface area contributed by atoms with Gasteiger partial charge >= 0.3 is 0 Å². The molecule has 3 N–H and O–H groups in total. The number of pyridine rings is 1. The van der Waals surface area contributed by atoms with E-state index < -0.39 is 0 Å². The molecule has 0 aliphatic heterocycles. The maximum atomic E-state index is 12.9. The summed E-state index contributed by atoms with van der Waals surface area (Å²) in [5, 5.41) is 3.21. The molecule has 1 atom stereocenters. The summed E-state index contributed by atoms with van der Waals surface area (Å²) in [5.74, 6) is 0.530. The fourth-order valence-corrected chi connectivity index (χ4v) is 4.18. The van der Waals surface area contributed by atoms with Gasteiger partial charge in [-0.25, -0.2) is 4.98 Å². The van der Waals surface area contributed by atoms with E-state index in [9.17, 15) is 9.59 Å². The van der Waals surface area contributed by atoms with Gasteiger partial charge in [-0.1, -0.05) is 24.3 Å². The molecule has 1 amide bonds. The molecule has 2 aromatic heterocycles. The first-order valence-corrected chi connectivity index (χ1v) is 10.2. The van der Waals surface area contributed by atoms with Crippen LogP contribution in [0.3, 0.4) is 0 Å². The van der Waals surface area contributed by atoms with Crippen molar-refractivity contribution in [2.24, 2.45) is 0 Å². The van der Waals surface area contributed by atoms with Crippen molar-refractivity contribution in [3.8, 4) is 11.4 Å². The van der Waals surface area contributed by atoms with Gasteiger partial charge in [0.2, 0.25) is 5.56 Å². The lowest BCUT2D eigenvalue weighted by Gasteiger charge is -2.17. The zero-order valence-electron chi connectivity index (χ0n) is 16.4. The number of nitrogens with one attached hydrogen (secondary N) is 3. The van der Waals surface area contributed by atoms with Crippen LogP contribution in [0.15, 0.2) is 65.6 Å². The van der Waals surface area contributed by atoms with Crippen molar-refractivity contribution in [2.75, 3.05) is 0 Å². The van der Waals surface area contributed by atoms with Crippen LogP contribution in [0, 0.1) is 0 Å². The largest absolute Gasteiger partial charge is 0.349 e. The van der Waals surface area contributed by atoms with E-state index in [0.29, 0.717) is 17.0 Å². The molecular weight excluding hydrogens is 376 g/mol. The molecule has 1 aliphatic rings. The standard InChI is InChI=1S/C24H22N4O2/c29-22-14-17(10-11-25-22)23-27-20-9-8-18(13-21(20)28-23)24(30)26-19-7-3-6-15-4-1-2-5-16(15)12-19/h1-2,4-5,8-11,13-14,19H,3,6-7,12H2,(H,25,29)(H,26,30)(H,27,28). The highest BCUT2D eigenvalue weighted by Gasteiger charge is 2.19. The van der Waals surface area contributed by atoms with Gasteiger partial charge in [-0.05, 0) is 61.1 Å². The molecule has 2 aromatic carbocycles. The average molecular weight is 398 g/mol. The van der Waals surface area contributed by atoms with Crippen LogP contribution < -0.4 is 10.9 Å². The molecule has 6 nitrogen and oxygen atoms in total. The Morgan fingerprint density at radius 2 is 1.93 bits per heavy atom. The van der Waals surface area contributed by atoms with Crippen LogP contribution in [0.4, 0.5) is 0 Å². The molecule has 5 rings (SSSR count). The summed E-state index contributed by atoms with van der Waals surface area (Å²) in [5.41, 5.74) is 5.36. The molecule has 4 aromatic rings. The first kappa shape index (κ1) is 18.4. The van der Waals surface area contributed by atoms with Gasteiger partial charge in [0.25, 0.3) is 5.91 Å². The Hall–Kier alpha value is -3.67. The molecule has 2 heterocycles. The minimum atomic E-state index is -0.182. The lowest BCUT2D eigenvalue weighted by molar-refractivity contribution is 0.0935. The van der Waals surface area contributed by atoms with Gasteiger partial charge in [0.1, 0.15) is 5.82 Å². The highest BCUT2D eigenvalue weighted by atomic mass is 16.1.